The van der Waals surface area contributed by atoms with Crippen LogP contribution in [0.15, 0.2) is 17.5 Å². The fourth-order valence-corrected chi connectivity index (χ4v) is 2.91. The van der Waals surface area contributed by atoms with Crippen molar-refractivity contribution < 1.29 is 0 Å². The van der Waals surface area contributed by atoms with Gasteiger partial charge in [0.15, 0.2) is 0 Å². The van der Waals surface area contributed by atoms with Gasteiger partial charge < -0.3 is 5.73 Å². The summed E-state index contributed by atoms with van der Waals surface area (Å²) in [5, 5.41) is 2.13. The second kappa shape index (κ2) is 6.38. The average molecular weight is 240 g/mol. The highest BCUT2D eigenvalue weighted by Crippen LogP contribution is 2.29. The van der Waals surface area contributed by atoms with Gasteiger partial charge in [-0.2, -0.15) is 0 Å². The van der Waals surface area contributed by atoms with Crippen LogP contribution in [0.25, 0.3) is 0 Å². The monoisotopic (exact) mass is 240 g/mol. The summed E-state index contributed by atoms with van der Waals surface area (Å²) in [6, 6.07) is 5.46. The molecule has 3 unspecified atom stereocenters. The molecule has 92 valence electrons. The molecule has 0 aliphatic rings. The number of rotatable bonds is 6. The predicted molar refractivity (Wildman–Crippen MR) is 72.8 cm³/mol. The molecular weight excluding hydrogens is 216 g/mol. The van der Waals surface area contributed by atoms with Crippen LogP contribution in [0.2, 0.25) is 0 Å². The Hall–Kier alpha value is -0.380. The summed E-state index contributed by atoms with van der Waals surface area (Å²) in [6.45, 7) is 6.66. The third-order valence-corrected chi connectivity index (χ3v) is 4.38. The van der Waals surface area contributed by atoms with E-state index in [0.29, 0.717) is 12.1 Å². The second-order valence-electron chi connectivity index (χ2n) is 4.46. The molecule has 0 aliphatic carbocycles. The van der Waals surface area contributed by atoms with Gasteiger partial charge in [-0.05, 0) is 38.3 Å². The number of likely N-dealkylation sites (N-methyl/N-ethyl adjacent to an activating group) is 1. The quantitative estimate of drug-likeness (QED) is 0.827. The van der Waals surface area contributed by atoms with Crippen LogP contribution in [-0.4, -0.2) is 24.0 Å². The van der Waals surface area contributed by atoms with E-state index in [-0.39, 0.29) is 6.04 Å². The summed E-state index contributed by atoms with van der Waals surface area (Å²) < 4.78 is 0. The highest BCUT2D eigenvalue weighted by Gasteiger charge is 2.26. The standard InChI is InChI=1S/C13H24N2S/c1-5-10(3)15(4)13(11(14)6-2)12-8-7-9-16-12/h7-11,13H,5-6,14H2,1-4H3. The zero-order chi connectivity index (χ0) is 12.1. The summed E-state index contributed by atoms with van der Waals surface area (Å²) >= 11 is 1.81. The third-order valence-electron chi connectivity index (χ3n) is 3.44. The number of thiophene rings is 1. The molecule has 2 nitrogen and oxygen atoms in total. The molecule has 0 aromatic carbocycles. The van der Waals surface area contributed by atoms with Gasteiger partial charge in [-0.1, -0.05) is 19.9 Å². The van der Waals surface area contributed by atoms with E-state index < -0.39 is 0 Å². The van der Waals surface area contributed by atoms with E-state index in [1.54, 1.807) is 0 Å². The van der Waals surface area contributed by atoms with E-state index in [0.717, 1.165) is 12.8 Å². The van der Waals surface area contributed by atoms with Crippen molar-refractivity contribution in [1.82, 2.24) is 4.90 Å². The smallest absolute Gasteiger partial charge is 0.0593 e. The Morgan fingerprint density at radius 2 is 2.06 bits per heavy atom. The Morgan fingerprint density at radius 1 is 1.38 bits per heavy atom. The molecular formula is C13H24N2S. The molecule has 0 bridgehead atoms. The SMILES string of the molecule is CCC(N)C(c1cccs1)N(C)C(C)CC. The first-order valence-electron chi connectivity index (χ1n) is 6.12. The van der Waals surface area contributed by atoms with Crippen molar-refractivity contribution in [1.29, 1.82) is 0 Å². The van der Waals surface area contributed by atoms with Crippen molar-refractivity contribution in [3.63, 3.8) is 0 Å². The van der Waals surface area contributed by atoms with Crippen LogP contribution in [0.1, 0.15) is 44.5 Å². The van der Waals surface area contributed by atoms with Crippen LogP contribution >= 0.6 is 11.3 Å². The van der Waals surface area contributed by atoms with Gasteiger partial charge in [0.05, 0.1) is 6.04 Å². The van der Waals surface area contributed by atoms with Gasteiger partial charge in [-0.15, -0.1) is 11.3 Å². The lowest BCUT2D eigenvalue weighted by Gasteiger charge is -2.35. The molecule has 1 rings (SSSR count). The summed E-state index contributed by atoms with van der Waals surface area (Å²) in [6.07, 6.45) is 2.18. The van der Waals surface area contributed by atoms with Gasteiger partial charge in [-0.3, -0.25) is 4.90 Å². The van der Waals surface area contributed by atoms with Gasteiger partial charge in [0.2, 0.25) is 0 Å². The normalized spacial score (nSPS) is 17.4. The molecule has 0 fully saturated rings. The Bertz CT molecular complexity index is 284. The molecule has 0 amide bonds. The maximum absolute atomic E-state index is 6.27. The van der Waals surface area contributed by atoms with Gasteiger partial charge in [0.25, 0.3) is 0 Å². The second-order valence-corrected chi connectivity index (χ2v) is 5.43. The molecule has 2 N–H and O–H groups in total. The van der Waals surface area contributed by atoms with Crippen molar-refractivity contribution in [2.45, 2.75) is 51.7 Å². The van der Waals surface area contributed by atoms with Crippen LogP contribution in [0.5, 0.6) is 0 Å². The molecule has 1 heterocycles. The van der Waals surface area contributed by atoms with E-state index in [2.05, 4.69) is 50.2 Å². The molecule has 0 spiro atoms. The lowest BCUT2D eigenvalue weighted by Crippen LogP contribution is -2.42. The molecule has 1 aromatic rings. The number of hydrogen-bond donors (Lipinski definition) is 1. The topological polar surface area (TPSA) is 29.3 Å². The molecule has 1 aromatic heterocycles. The van der Waals surface area contributed by atoms with Gasteiger partial charge in [-0.25, -0.2) is 0 Å². The highest BCUT2D eigenvalue weighted by atomic mass is 32.1. The summed E-state index contributed by atoms with van der Waals surface area (Å²) in [4.78, 5) is 3.80. The highest BCUT2D eigenvalue weighted by molar-refractivity contribution is 7.10. The molecule has 0 saturated carbocycles. The van der Waals surface area contributed by atoms with Crippen molar-refractivity contribution in [3.8, 4) is 0 Å². The van der Waals surface area contributed by atoms with E-state index in [1.165, 1.54) is 4.88 Å². The zero-order valence-electron chi connectivity index (χ0n) is 10.8. The maximum Gasteiger partial charge on any atom is 0.0593 e. The molecule has 0 radical (unpaired) electrons. The Kier molecular flexibility index (Phi) is 5.46. The lowest BCUT2D eigenvalue weighted by molar-refractivity contribution is 0.157. The van der Waals surface area contributed by atoms with Crippen molar-refractivity contribution in [2.24, 2.45) is 5.73 Å². The fraction of sp³-hybridized carbons (Fsp3) is 0.692. The first-order chi connectivity index (χ1) is 7.61. The zero-order valence-corrected chi connectivity index (χ0v) is 11.6. The number of nitrogens with two attached hydrogens (primary N) is 1. The Balaban J connectivity index is 2.87. The first kappa shape index (κ1) is 13.7. The third kappa shape index (κ3) is 3.06. The Morgan fingerprint density at radius 3 is 2.50 bits per heavy atom. The molecule has 3 atom stereocenters. The summed E-state index contributed by atoms with van der Waals surface area (Å²) in [5.74, 6) is 0. The minimum atomic E-state index is 0.220. The van der Waals surface area contributed by atoms with Crippen molar-refractivity contribution in [3.05, 3.63) is 22.4 Å². The van der Waals surface area contributed by atoms with Crippen LogP contribution in [0.3, 0.4) is 0 Å². The minimum absolute atomic E-state index is 0.220. The average Bonchev–Trinajstić information content (AvgIpc) is 2.81. The van der Waals surface area contributed by atoms with Crippen LogP contribution in [0.4, 0.5) is 0 Å². The van der Waals surface area contributed by atoms with E-state index in [1.807, 2.05) is 11.3 Å². The van der Waals surface area contributed by atoms with Crippen LogP contribution in [-0.2, 0) is 0 Å². The number of hydrogen-bond acceptors (Lipinski definition) is 3. The first-order valence-corrected chi connectivity index (χ1v) is 7.00. The van der Waals surface area contributed by atoms with Crippen molar-refractivity contribution in [2.75, 3.05) is 7.05 Å². The van der Waals surface area contributed by atoms with Gasteiger partial charge >= 0.3 is 0 Å². The molecule has 16 heavy (non-hydrogen) atoms. The van der Waals surface area contributed by atoms with Crippen LogP contribution < -0.4 is 5.73 Å². The Labute approximate surface area is 103 Å². The largest absolute Gasteiger partial charge is 0.326 e. The molecule has 3 heteroatoms. The molecule has 0 aliphatic heterocycles. The summed E-state index contributed by atoms with van der Waals surface area (Å²) in [5.41, 5.74) is 6.27. The van der Waals surface area contributed by atoms with Gasteiger partial charge in [0.1, 0.15) is 0 Å². The van der Waals surface area contributed by atoms with E-state index >= 15 is 0 Å². The van der Waals surface area contributed by atoms with Crippen LogP contribution in [0, 0.1) is 0 Å². The maximum atomic E-state index is 6.27. The fourth-order valence-electron chi connectivity index (χ4n) is 1.96. The molecule has 0 saturated heterocycles. The lowest BCUT2D eigenvalue weighted by atomic mass is 10.0. The predicted octanol–water partition coefficient (Wildman–Crippen LogP) is 3.26. The number of nitrogens with zero attached hydrogens (tertiary/aromatic N) is 1. The van der Waals surface area contributed by atoms with Crippen molar-refractivity contribution >= 4 is 11.3 Å². The van der Waals surface area contributed by atoms with E-state index in [9.17, 15) is 0 Å². The van der Waals surface area contributed by atoms with E-state index in [4.69, 9.17) is 5.73 Å². The minimum Gasteiger partial charge on any atom is -0.326 e. The summed E-state index contributed by atoms with van der Waals surface area (Å²) in [7, 11) is 2.19. The van der Waals surface area contributed by atoms with Gasteiger partial charge in [0, 0.05) is 17.0 Å².